The maximum Gasteiger partial charge on any atom is 0.418 e. The van der Waals surface area contributed by atoms with Gasteiger partial charge in [0, 0.05) is 11.9 Å². The molecule has 0 atom stereocenters. The third-order valence-corrected chi connectivity index (χ3v) is 2.61. The van der Waals surface area contributed by atoms with E-state index in [1.54, 1.807) is 0 Å². The molecule has 4 nitrogen and oxygen atoms in total. The van der Waals surface area contributed by atoms with Gasteiger partial charge < -0.3 is 11.1 Å². The molecule has 0 bridgehead atoms. The van der Waals surface area contributed by atoms with Crippen molar-refractivity contribution in [2.45, 2.75) is 6.18 Å². The number of nitrogen functional groups attached to an aromatic ring is 1. The number of alkyl halides is 3. The van der Waals surface area contributed by atoms with Crippen LogP contribution >= 0.6 is 0 Å². The number of aromatic nitrogens is 1. The van der Waals surface area contributed by atoms with Crippen LogP contribution < -0.4 is 11.1 Å². The summed E-state index contributed by atoms with van der Waals surface area (Å²) in [7, 11) is 0. The number of pyridine rings is 1. The second-order valence-corrected chi connectivity index (χ2v) is 4.11. The number of hydrogen-bond acceptors (Lipinski definition) is 3. The smallest absolute Gasteiger partial charge is 0.399 e. The maximum absolute atomic E-state index is 13.4. The predicted octanol–water partition coefficient (Wildman–Crippen LogP) is 3.07. The summed E-state index contributed by atoms with van der Waals surface area (Å²) in [6.45, 7) is 0. The number of carbonyl (C=O) groups is 1. The highest BCUT2D eigenvalue weighted by Crippen LogP contribution is 2.36. The van der Waals surface area contributed by atoms with Crippen LogP contribution in [0.5, 0.6) is 0 Å². The predicted molar refractivity (Wildman–Crippen MR) is 68.0 cm³/mol. The molecule has 1 heterocycles. The lowest BCUT2D eigenvalue weighted by atomic mass is 10.1. The van der Waals surface area contributed by atoms with E-state index in [1.165, 1.54) is 6.07 Å². The molecule has 0 fully saturated rings. The Bertz CT molecular complexity index is 685. The van der Waals surface area contributed by atoms with Crippen LogP contribution in [0.4, 0.5) is 28.9 Å². The van der Waals surface area contributed by atoms with E-state index in [1.807, 2.05) is 5.32 Å². The van der Waals surface area contributed by atoms with Gasteiger partial charge in [-0.05, 0) is 24.3 Å². The Labute approximate surface area is 116 Å². The average Bonchev–Trinajstić information content (AvgIpc) is 2.40. The molecule has 1 amide bonds. The van der Waals surface area contributed by atoms with Gasteiger partial charge in [-0.1, -0.05) is 0 Å². The quantitative estimate of drug-likeness (QED) is 0.661. The van der Waals surface area contributed by atoms with Crippen LogP contribution in [-0.2, 0) is 6.18 Å². The van der Waals surface area contributed by atoms with Gasteiger partial charge >= 0.3 is 6.18 Å². The van der Waals surface area contributed by atoms with E-state index in [2.05, 4.69) is 4.98 Å². The third-order valence-electron chi connectivity index (χ3n) is 2.61. The third kappa shape index (κ3) is 3.28. The van der Waals surface area contributed by atoms with Crippen molar-refractivity contribution in [3.63, 3.8) is 0 Å². The van der Waals surface area contributed by atoms with Crippen LogP contribution in [0.3, 0.4) is 0 Å². The maximum atomic E-state index is 13.4. The number of rotatable bonds is 2. The summed E-state index contributed by atoms with van der Waals surface area (Å²) in [6.07, 6.45) is -2.75. The van der Waals surface area contributed by atoms with Crippen molar-refractivity contribution in [3.8, 4) is 0 Å². The second-order valence-electron chi connectivity index (χ2n) is 4.11. The fourth-order valence-corrected chi connectivity index (χ4v) is 1.65. The molecule has 0 unspecified atom stereocenters. The Hall–Kier alpha value is -2.64. The summed E-state index contributed by atoms with van der Waals surface area (Å²) in [6, 6.07) is 3.97. The van der Waals surface area contributed by atoms with Gasteiger partial charge in [0.05, 0.1) is 23.0 Å². The highest BCUT2D eigenvalue weighted by molar-refractivity contribution is 6.04. The van der Waals surface area contributed by atoms with Crippen molar-refractivity contribution in [2.24, 2.45) is 0 Å². The van der Waals surface area contributed by atoms with Crippen molar-refractivity contribution in [1.29, 1.82) is 0 Å². The Morgan fingerprint density at radius 2 is 1.95 bits per heavy atom. The molecule has 110 valence electrons. The lowest BCUT2D eigenvalue weighted by Crippen LogP contribution is -2.18. The minimum absolute atomic E-state index is 0.101. The number of nitrogens with two attached hydrogens (primary N) is 1. The van der Waals surface area contributed by atoms with Gasteiger partial charge in [-0.2, -0.15) is 13.2 Å². The molecule has 2 aromatic rings. The van der Waals surface area contributed by atoms with Gasteiger partial charge in [0.1, 0.15) is 0 Å². The van der Waals surface area contributed by atoms with E-state index >= 15 is 0 Å². The van der Waals surface area contributed by atoms with E-state index < -0.39 is 34.7 Å². The summed E-state index contributed by atoms with van der Waals surface area (Å²) >= 11 is 0. The first-order valence-electron chi connectivity index (χ1n) is 5.66. The molecule has 0 aliphatic rings. The van der Waals surface area contributed by atoms with Gasteiger partial charge in [-0.25, -0.2) is 4.39 Å². The van der Waals surface area contributed by atoms with E-state index in [0.717, 1.165) is 24.5 Å². The van der Waals surface area contributed by atoms with Crippen LogP contribution in [-0.4, -0.2) is 10.9 Å². The number of anilines is 2. The first kappa shape index (κ1) is 14.8. The number of benzene rings is 1. The van der Waals surface area contributed by atoms with Crippen molar-refractivity contribution >= 4 is 17.3 Å². The molecule has 0 saturated heterocycles. The summed E-state index contributed by atoms with van der Waals surface area (Å²) in [5, 5.41) is 2.02. The molecule has 2 rings (SSSR count). The van der Waals surface area contributed by atoms with Crippen LogP contribution in [0.15, 0.2) is 36.7 Å². The SMILES string of the molecule is Nc1ccc(NC(=O)c2ccncc2F)c(C(F)(F)F)c1. The zero-order valence-corrected chi connectivity index (χ0v) is 10.4. The van der Waals surface area contributed by atoms with Gasteiger partial charge in [0.25, 0.3) is 5.91 Å². The van der Waals surface area contributed by atoms with Crippen LogP contribution in [0, 0.1) is 5.82 Å². The molecule has 3 N–H and O–H groups in total. The minimum atomic E-state index is -4.70. The Morgan fingerprint density at radius 3 is 2.57 bits per heavy atom. The summed E-state index contributed by atoms with van der Waals surface area (Å²) in [5.41, 5.74) is 3.19. The minimum Gasteiger partial charge on any atom is -0.399 e. The molecule has 0 aliphatic carbocycles. The number of nitrogens with one attached hydrogen (secondary N) is 1. The highest BCUT2D eigenvalue weighted by atomic mass is 19.4. The van der Waals surface area contributed by atoms with Crippen molar-refractivity contribution in [1.82, 2.24) is 4.98 Å². The van der Waals surface area contributed by atoms with E-state index in [9.17, 15) is 22.4 Å². The summed E-state index contributed by atoms with van der Waals surface area (Å²) in [4.78, 5) is 15.3. The standard InChI is InChI=1S/C13H9F4N3O/c14-10-6-19-4-3-8(10)12(21)20-11-2-1-7(18)5-9(11)13(15,16)17/h1-6H,18H2,(H,20,21). The fraction of sp³-hybridized carbons (Fsp3) is 0.0769. The molecule has 0 radical (unpaired) electrons. The number of carbonyl (C=O) groups excluding carboxylic acids is 1. The van der Waals surface area contributed by atoms with Crippen molar-refractivity contribution < 1.29 is 22.4 Å². The molecule has 1 aromatic heterocycles. The van der Waals surface area contributed by atoms with Crippen molar-refractivity contribution in [3.05, 3.63) is 53.6 Å². The zero-order valence-electron chi connectivity index (χ0n) is 10.4. The van der Waals surface area contributed by atoms with E-state index in [0.29, 0.717) is 6.07 Å². The van der Waals surface area contributed by atoms with E-state index in [-0.39, 0.29) is 5.69 Å². The molecular weight excluding hydrogens is 290 g/mol. The topological polar surface area (TPSA) is 68.0 Å². The van der Waals surface area contributed by atoms with Gasteiger partial charge in [0.2, 0.25) is 0 Å². The molecule has 8 heteroatoms. The molecule has 0 aliphatic heterocycles. The Morgan fingerprint density at radius 1 is 1.24 bits per heavy atom. The van der Waals surface area contributed by atoms with E-state index in [4.69, 9.17) is 5.73 Å². The molecule has 1 aromatic carbocycles. The monoisotopic (exact) mass is 299 g/mol. The van der Waals surface area contributed by atoms with Gasteiger partial charge in [-0.15, -0.1) is 0 Å². The summed E-state index contributed by atoms with van der Waals surface area (Å²) in [5.74, 6) is -1.94. The molecular formula is C13H9F4N3O. The first-order valence-corrected chi connectivity index (χ1v) is 5.66. The van der Waals surface area contributed by atoms with Crippen LogP contribution in [0.25, 0.3) is 0 Å². The second kappa shape index (κ2) is 5.39. The highest BCUT2D eigenvalue weighted by Gasteiger charge is 2.34. The number of halogens is 4. The lowest BCUT2D eigenvalue weighted by molar-refractivity contribution is -0.136. The fourth-order valence-electron chi connectivity index (χ4n) is 1.65. The lowest BCUT2D eigenvalue weighted by Gasteiger charge is -2.14. The molecule has 21 heavy (non-hydrogen) atoms. The van der Waals surface area contributed by atoms with Crippen molar-refractivity contribution in [2.75, 3.05) is 11.1 Å². The number of hydrogen-bond donors (Lipinski definition) is 2. The Kier molecular flexibility index (Phi) is 3.79. The molecule has 0 saturated carbocycles. The van der Waals surface area contributed by atoms with Gasteiger partial charge in [0.15, 0.2) is 5.82 Å². The first-order chi connectivity index (χ1) is 9.79. The number of amides is 1. The number of nitrogens with zero attached hydrogens (tertiary/aromatic N) is 1. The Balaban J connectivity index is 2.36. The molecule has 0 spiro atoms. The van der Waals surface area contributed by atoms with Gasteiger partial charge in [-0.3, -0.25) is 9.78 Å². The average molecular weight is 299 g/mol. The zero-order chi connectivity index (χ0) is 15.6. The summed E-state index contributed by atoms with van der Waals surface area (Å²) < 4.78 is 52.0. The largest absolute Gasteiger partial charge is 0.418 e. The normalized spacial score (nSPS) is 11.2. The van der Waals surface area contributed by atoms with Crippen LogP contribution in [0.2, 0.25) is 0 Å². The van der Waals surface area contributed by atoms with Crippen LogP contribution in [0.1, 0.15) is 15.9 Å².